The van der Waals surface area contributed by atoms with E-state index in [1.165, 1.54) is 0 Å². The minimum Gasteiger partial charge on any atom is -0.389 e. The van der Waals surface area contributed by atoms with E-state index in [1.807, 2.05) is 6.92 Å². The Morgan fingerprint density at radius 1 is 1.89 bits per heavy atom. The third-order valence-electron chi connectivity index (χ3n) is 0.845. The molecule has 2 heteroatoms. The molecule has 9 heavy (non-hydrogen) atoms. The van der Waals surface area contributed by atoms with E-state index in [0.29, 0.717) is 11.5 Å². The summed E-state index contributed by atoms with van der Waals surface area (Å²) in [6.45, 7) is 5.30. The van der Waals surface area contributed by atoms with Crippen LogP contribution in [0.3, 0.4) is 0 Å². The third-order valence-corrected chi connectivity index (χ3v) is 1.000. The van der Waals surface area contributed by atoms with Crippen molar-refractivity contribution in [1.82, 2.24) is 0 Å². The lowest BCUT2D eigenvalue weighted by Crippen LogP contribution is -2.00. The zero-order valence-corrected chi connectivity index (χ0v) is 6.23. The van der Waals surface area contributed by atoms with Gasteiger partial charge in [0.25, 0.3) is 0 Å². The van der Waals surface area contributed by atoms with E-state index < -0.39 is 6.10 Å². The molecular weight excluding hydrogens is 136 g/mol. The van der Waals surface area contributed by atoms with Crippen molar-refractivity contribution in [2.45, 2.75) is 19.4 Å². The van der Waals surface area contributed by atoms with Gasteiger partial charge in [0.1, 0.15) is 0 Å². The van der Waals surface area contributed by atoms with Crippen LogP contribution in [0.2, 0.25) is 0 Å². The van der Waals surface area contributed by atoms with Crippen LogP contribution in [0.1, 0.15) is 13.3 Å². The predicted molar refractivity (Wildman–Crippen MR) is 40.4 cm³/mol. The lowest BCUT2D eigenvalue weighted by atomic mass is 10.2. The number of aliphatic hydroxyl groups is 1. The van der Waals surface area contributed by atoms with E-state index in [2.05, 4.69) is 6.58 Å². The van der Waals surface area contributed by atoms with Crippen LogP contribution in [0.15, 0.2) is 23.8 Å². The summed E-state index contributed by atoms with van der Waals surface area (Å²) in [6, 6.07) is 0. The molecule has 0 fully saturated rings. The van der Waals surface area contributed by atoms with Crippen molar-refractivity contribution in [1.29, 1.82) is 0 Å². The van der Waals surface area contributed by atoms with E-state index in [1.54, 1.807) is 12.2 Å². The van der Waals surface area contributed by atoms with Gasteiger partial charge >= 0.3 is 0 Å². The first kappa shape index (κ1) is 8.73. The molecule has 1 atom stereocenters. The van der Waals surface area contributed by atoms with Gasteiger partial charge in [-0.15, -0.1) is 0 Å². The highest BCUT2D eigenvalue weighted by atomic mass is 35.5. The van der Waals surface area contributed by atoms with Gasteiger partial charge in [-0.1, -0.05) is 30.3 Å². The summed E-state index contributed by atoms with van der Waals surface area (Å²) in [5, 5.41) is 9.47. The molecule has 0 saturated carbocycles. The van der Waals surface area contributed by atoms with Gasteiger partial charge in [0.15, 0.2) is 0 Å². The Morgan fingerprint density at radius 3 is 2.78 bits per heavy atom. The second-order valence-electron chi connectivity index (χ2n) is 1.81. The predicted octanol–water partition coefficient (Wildman–Crippen LogP) is 2.07. The van der Waals surface area contributed by atoms with Crippen molar-refractivity contribution in [3.8, 4) is 0 Å². The van der Waals surface area contributed by atoms with Crippen LogP contribution in [-0.2, 0) is 0 Å². The van der Waals surface area contributed by atoms with Gasteiger partial charge in [-0.2, -0.15) is 0 Å². The lowest BCUT2D eigenvalue weighted by molar-refractivity contribution is 0.226. The molecule has 0 rings (SSSR count). The molecule has 1 N–H and O–H groups in total. The van der Waals surface area contributed by atoms with Crippen LogP contribution < -0.4 is 0 Å². The summed E-state index contributed by atoms with van der Waals surface area (Å²) in [4.78, 5) is 0. The van der Waals surface area contributed by atoms with Gasteiger partial charge in [-0.05, 0) is 6.92 Å². The number of rotatable bonds is 3. The lowest BCUT2D eigenvalue weighted by Gasteiger charge is -2.00. The van der Waals surface area contributed by atoms with E-state index in [4.69, 9.17) is 16.7 Å². The fourth-order valence-corrected chi connectivity index (χ4v) is 0.675. The van der Waals surface area contributed by atoms with Crippen molar-refractivity contribution >= 4 is 11.6 Å². The fraction of sp³-hybridized carbons (Fsp3) is 0.429. The zero-order chi connectivity index (χ0) is 7.28. The third kappa shape index (κ3) is 5.60. The Labute approximate surface area is 60.6 Å². The summed E-state index contributed by atoms with van der Waals surface area (Å²) in [5.41, 5.74) is 0. The summed E-state index contributed by atoms with van der Waals surface area (Å²) >= 11 is 5.42. The van der Waals surface area contributed by atoms with Crippen molar-refractivity contribution in [2.75, 3.05) is 0 Å². The molecular formula is C7H11ClO. The Bertz CT molecular complexity index is 118. The van der Waals surface area contributed by atoms with Crippen molar-refractivity contribution in [3.63, 3.8) is 0 Å². The topological polar surface area (TPSA) is 20.2 Å². The largest absolute Gasteiger partial charge is 0.389 e. The standard InChI is InChI=1S/C7H11ClO/c1-3-4-7(9)5-6(2)8/h3-4,7,9H,2,5H2,1H3/b4-3+. The highest BCUT2D eigenvalue weighted by Crippen LogP contribution is 2.07. The van der Waals surface area contributed by atoms with Crippen LogP contribution in [0.25, 0.3) is 0 Å². The van der Waals surface area contributed by atoms with Crippen LogP contribution in [0, 0.1) is 0 Å². The van der Waals surface area contributed by atoms with E-state index in [-0.39, 0.29) is 0 Å². The average Bonchev–Trinajstić information content (AvgIpc) is 1.63. The van der Waals surface area contributed by atoms with Gasteiger partial charge < -0.3 is 5.11 Å². The molecule has 1 nitrogen and oxygen atoms in total. The Hall–Kier alpha value is -0.270. The molecule has 0 aliphatic heterocycles. The second kappa shape index (κ2) is 4.59. The molecule has 0 aromatic carbocycles. The molecule has 0 aliphatic carbocycles. The van der Waals surface area contributed by atoms with Gasteiger partial charge in [-0.3, -0.25) is 0 Å². The second-order valence-corrected chi connectivity index (χ2v) is 2.35. The van der Waals surface area contributed by atoms with E-state index in [9.17, 15) is 0 Å². The van der Waals surface area contributed by atoms with Gasteiger partial charge in [-0.25, -0.2) is 0 Å². The average molecular weight is 147 g/mol. The molecule has 1 unspecified atom stereocenters. The minimum atomic E-state index is -0.472. The molecule has 0 aliphatic rings. The number of aliphatic hydroxyl groups excluding tert-OH is 1. The minimum absolute atomic E-state index is 0.436. The van der Waals surface area contributed by atoms with Crippen molar-refractivity contribution in [3.05, 3.63) is 23.8 Å². The van der Waals surface area contributed by atoms with E-state index >= 15 is 0 Å². The number of hydrogen-bond acceptors (Lipinski definition) is 1. The first-order valence-corrected chi connectivity index (χ1v) is 3.18. The normalized spacial score (nSPS) is 14.1. The molecule has 0 radical (unpaired) electrons. The molecule has 0 aromatic heterocycles. The van der Waals surface area contributed by atoms with Crippen molar-refractivity contribution < 1.29 is 5.11 Å². The molecule has 0 bridgehead atoms. The van der Waals surface area contributed by atoms with Crippen LogP contribution in [0.4, 0.5) is 0 Å². The summed E-state index contributed by atoms with van der Waals surface area (Å²) in [5.74, 6) is 0. The first-order chi connectivity index (χ1) is 4.16. The molecule has 0 aromatic rings. The molecule has 0 heterocycles. The highest BCUT2D eigenvalue weighted by molar-refractivity contribution is 6.29. The Morgan fingerprint density at radius 2 is 2.44 bits per heavy atom. The quantitative estimate of drug-likeness (QED) is 0.605. The Kier molecular flexibility index (Phi) is 4.46. The summed E-state index contributed by atoms with van der Waals surface area (Å²) in [7, 11) is 0. The number of halogens is 1. The van der Waals surface area contributed by atoms with Crippen LogP contribution in [-0.4, -0.2) is 11.2 Å². The molecule has 0 spiro atoms. The monoisotopic (exact) mass is 146 g/mol. The molecule has 0 amide bonds. The maximum absolute atomic E-state index is 8.99. The van der Waals surface area contributed by atoms with Crippen LogP contribution in [0.5, 0.6) is 0 Å². The number of hydrogen-bond donors (Lipinski definition) is 1. The fourth-order valence-electron chi connectivity index (χ4n) is 0.517. The molecule has 0 saturated heterocycles. The SMILES string of the molecule is C=C(Cl)CC(O)/C=C/C. The van der Waals surface area contributed by atoms with Gasteiger partial charge in [0.2, 0.25) is 0 Å². The maximum Gasteiger partial charge on any atom is 0.0769 e. The van der Waals surface area contributed by atoms with Crippen LogP contribution >= 0.6 is 11.6 Å². The summed E-state index contributed by atoms with van der Waals surface area (Å²) in [6.07, 6.45) is 3.42. The van der Waals surface area contributed by atoms with Crippen molar-refractivity contribution in [2.24, 2.45) is 0 Å². The Balaban J connectivity index is 3.50. The zero-order valence-electron chi connectivity index (χ0n) is 5.47. The maximum atomic E-state index is 8.99. The smallest absolute Gasteiger partial charge is 0.0769 e. The van der Waals surface area contributed by atoms with E-state index in [0.717, 1.165) is 0 Å². The first-order valence-electron chi connectivity index (χ1n) is 2.81. The molecule has 52 valence electrons. The van der Waals surface area contributed by atoms with Gasteiger partial charge in [0, 0.05) is 11.5 Å². The summed E-state index contributed by atoms with van der Waals surface area (Å²) < 4.78 is 0. The highest BCUT2D eigenvalue weighted by Gasteiger charge is 1.97. The van der Waals surface area contributed by atoms with Gasteiger partial charge in [0.05, 0.1) is 6.10 Å². The number of allylic oxidation sites excluding steroid dienone is 1.